The van der Waals surface area contributed by atoms with Crippen LogP contribution in [0.25, 0.3) is 111 Å². The zero-order chi connectivity index (χ0) is 33.7. The first-order valence-electron chi connectivity index (χ1n) is 18.2. The highest BCUT2D eigenvalue weighted by Gasteiger charge is 2.35. The molecule has 3 aliphatic rings. The molecule has 0 saturated carbocycles. The number of rotatable bonds is 0. The second kappa shape index (κ2) is 9.57. The van der Waals surface area contributed by atoms with Crippen molar-refractivity contribution in [1.82, 2.24) is 0 Å². The average Bonchev–Trinajstić information content (AvgIpc) is 3.96. The maximum absolute atomic E-state index is 6.97. The van der Waals surface area contributed by atoms with Crippen LogP contribution in [-0.4, -0.2) is 0 Å². The molecule has 10 aromatic rings. The van der Waals surface area contributed by atoms with Crippen molar-refractivity contribution in [2.75, 3.05) is 0 Å². The van der Waals surface area contributed by atoms with Gasteiger partial charge in [-0.2, -0.15) is 0 Å². The molecule has 2 heterocycles. The lowest BCUT2D eigenvalue weighted by molar-refractivity contribution is 0.669. The lowest BCUT2D eigenvalue weighted by Crippen LogP contribution is -2.03. The fourth-order valence-electron chi connectivity index (χ4n) is 9.97. The van der Waals surface area contributed by atoms with Crippen molar-refractivity contribution >= 4 is 43.9 Å². The zero-order valence-electron chi connectivity index (χ0n) is 28.1. The van der Waals surface area contributed by atoms with Crippen molar-refractivity contribution in [3.05, 3.63) is 168 Å². The topological polar surface area (TPSA) is 26.3 Å². The van der Waals surface area contributed by atoms with Gasteiger partial charge >= 0.3 is 0 Å². The summed E-state index contributed by atoms with van der Waals surface area (Å²) in [6.07, 6.45) is 1.76. The Bertz CT molecular complexity index is 3020. The van der Waals surface area contributed by atoms with Crippen molar-refractivity contribution in [1.29, 1.82) is 0 Å². The molecule has 0 amide bonds. The molecule has 0 radical (unpaired) electrons. The molecule has 13 rings (SSSR count). The highest BCUT2D eigenvalue weighted by atomic mass is 16.3. The molecule has 52 heavy (non-hydrogen) atoms. The van der Waals surface area contributed by atoms with Gasteiger partial charge in [-0.15, -0.1) is 0 Å². The van der Waals surface area contributed by atoms with Crippen LogP contribution in [0.1, 0.15) is 22.3 Å². The van der Waals surface area contributed by atoms with E-state index < -0.39 is 0 Å². The second-order valence-corrected chi connectivity index (χ2v) is 14.6. The quantitative estimate of drug-likeness (QED) is 0.162. The van der Waals surface area contributed by atoms with Gasteiger partial charge in [0.2, 0.25) is 0 Å². The standard InChI is InChI=1S/C50H28O2/c1-3-11-29-27(9-1)25-41-31(29)17-19-35-36-20-18-32-30-12-4-2-10-28(30)26-42(32)46(36)48-38(22-24-40-34-14-6-8-16-44(34)52-50(40)48)37-21-23-39-33-13-5-7-15-43(33)51-49(39)47(37)45(35)41/h1-24H,25-26H2. The van der Waals surface area contributed by atoms with E-state index in [0.29, 0.717) is 0 Å². The van der Waals surface area contributed by atoms with Crippen LogP contribution >= 0.6 is 0 Å². The van der Waals surface area contributed by atoms with E-state index in [1.54, 1.807) is 0 Å². The Morgan fingerprint density at radius 1 is 0.288 bits per heavy atom. The Morgan fingerprint density at radius 2 is 0.673 bits per heavy atom. The summed E-state index contributed by atoms with van der Waals surface area (Å²) in [5.41, 5.74) is 24.2. The van der Waals surface area contributed by atoms with E-state index in [1.807, 2.05) is 0 Å². The number of furan rings is 2. The minimum atomic E-state index is 0.881. The van der Waals surface area contributed by atoms with E-state index in [0.717, 1.165) is 56.7 Å². The van der Waals surface area contributed by atoms with Crippen molar-refractivity contribution < 1.29 is 8.83 Å². The van der Waals surface area contributed by atoms with E-state index in [9.17, 15) is 0 Å². The number of para-hydroxylation sites is 2. The molecule has 0 spiro atoms. The van der Waals surface area contributed by atoms with Gasteiger partial charge in [-0.1, -0.05) is 121 Å². The molecule has 2 aromatic heterocycles. The minimum Gasteiger partial charge on any atom is -0.455 e. The lowest BCUT2D eigenvalue weighted by atomic mass is 9.76. The summed E-state index contributed by atoms with van der Waals surface area (Å²) in [4.78, 5) is 0. The third-order valence-corrected chi connectivity index (χ3v) is 12.1. The van der Waals surface area contributed by atoms with Gasteiger partial charge < -0.3 is 8.83 Å². The molecule has 0 aliphatic heterocycles. The van der Waals surface area contributed by atoms with E-state index in [2.05, 4.69) is 146 Å². The highest BCUT2D eigenvalue weighted by Crippen LogP contribution is 2.58. The summed E-state index contributed by atoms with van der Waals surface area (Å²) in [5, 5.41) is 4.57. The van der Waals surface area contributed by atoms with Crippen LogP contribution in [0.3, 0.4) is 0 Å². The monoisotopic (exact) mass is 660 g/mol. The zero-order valence-corrected chi connectivity index (χ0v) is 28.1. The molecule has 3 aliphatic carbocycles. The number of hydrogen-bond donors (Lipinski definition) is 0. The first kappa shape index (κ1) is 27.1. The normalized spacial score (nSPS) is 13.2. The smallest absolute Gasteiger partial charge is 0.143 e. The molecule has 0 N–H and O–H groups in total. The molecule has 2 nitrogen and oxygen atoms in total. The number of hydrogen-bond acceptors (Lipinski definition) is 2. The van der Waals surface area contributed by atoms with Crippen molar-refractivity contribution in [2.24, 2.45) is 0 Å². The van der Waals surface area contributed by atoms with Crippen LogP contribution in [-0.2, 0) is 12.8 Å². The summed E-state index contributed by atoms with van der Waals surface area (Å²) < 4.78 is 13.9. The first-order chi connectivity index (χ1) is 25.8. The Labute approximate surface area is 299 Å². The molecule has 0 unspecified atom stereocenters. The van der Waals surface area contributed by atoms with Crippen LogP contribution in [0.15, 0.2) is 154 Å². The summed E-state index contributed by atoms with van der Waals surface area (Å²) in [5.74, 6) is 0. The second-order valence-electron chi connectivity index (χ2n) is 14.6. The molecule has 2 heteroatoms. The maximum Gasteiger partial charge on any atom is 0.143 e. The summed E-state index contributed by atoms with van der Waals surface area (Å²) in [6, 6.07) is 53.5. The molecule has 0 atom stereocenters. The Hall–Kier alpha value is -6.64. The Kier molecular flexibility index (Phi) is 4.99. The molecular weight excluding hydrogens is 633 g/mol. The maximum atomic E-state index is 6.97. The van der Waals surface area contributed by atoms with E-state index in [-0.39, 0.29) is 0 Å². The van der Waals surface area contributed by atoms with E-state index >= 15 is 0 Å². The third kappa shape index (κ3) is 3.31. The number of benzene rings is 8. The van der Waals surface area contributed by atoms with Gasteiger partial charge in [0.05, 0.1) is 0 Å². The SMILES string of the molecule is c1ccc2c(c1)Cc1c-2ccc2c1-c1c(ccc3c1oc1ccccc13)-c1ccc3c(oc4ccccc43)c1-c1c-2ccc2c1Cc1ccccc1-2. The van der Waals surface area contributed by atoms with Crippen LogP contribution in [0.4, 0.5) is 0 Å². The molecule has 240 valence electrons. The third-order valence-electron chi connectivity index (χ3n) is 12.1. The van der Waals surface area contributed by atoms with Crippen LogP contribution < -0.4 is 0 Å². The van der Waals surface area contributed by atoms with Gasteiger partial charge in [-0.3, -0.25) is 0 Å². The van der Waals surface area contributed by atoms with Gasteiger partial charge in [-0.25, -0.2) is 0 Å². The van der Waals surface area contributed by atoms with Crippen molar-refractivity contribution in [3.8, 4) is 66.8 Å². The molecule has 0 saturated heterocycles. The summed E-state index contributed by atoms with van der Waals surface area (Å²) in [6.45, 7) is 0. The van der Waals surface area contributed by atoms with E-state index in [1.165, 1.54) is 89.0 Å². The van der Waals surface area contributed by atoms with Crippen molar-refractivity contribution in [3.63, 3.8) is 0 Å². The largest absolute Gasteiger partial charge is 0.455 e. The van der Waals surface area contributed by atoms with Crippen LogP contribution in [0.5, 0.6) is 0 Å². The fraction of sp³-hybridized carbons (Fsp3) is 0.0400. The van der Waals surface area contributed by atoms with Gasteiger partial charge in [0.25, 0.3) is 0 Å². The van der Waals surface area contributed by atoms with Gasteiger partial charge in [-0.05, 0) is 115 Å². The van der Waals surface area contributed by atoms with Gasteiger partial charge in [0, 0.05) is 32.7 Å². The molecular formula is C50H28O2. The fourth-order valence-corrected chi connectivity index (χ4v) is 9.97. The lowest BCUT2D eigenvalue weighted by Gasteiger charge is -2.27. The van der Waals surface area contributed by atoms with Crippen LogP contribution in [0, 0.1) is 0 Å². The summed E-state index contributed by atoms with van der Waals surface area (Å²) >= 11 is 0. The first-order valence-corrected chi connectivity index (χ1v) is 18.2. The molecule has 8 aromatic carbocycles. The predicted molar refractivity (Wildman–Crippen MR) is 213 cm³/mol. The molecule has 0 fully saturated rings. The minimum absolute atomic E-state index is 0.881. The highest BCUT2D eigenvalue weighted by molar-refractivity contribution is 6.21. The number of fused-ring (bicyclic) bond motifs is 24. The van der Waals surface area contributed by atoms with Gasteiger partial charge in [0.15, 0.2) is 0 Å². The van der Waals surface area contributed by atoms with Crippen LogP contribution in [0.2, 0.25) is 0 Å². The van der Waals surface area contributed by atoms with Gasteiger partial charge in [0.1, 0.15) is 22.3 Å². The summed E-state index contributed by atoms with van der Waals surface area (Å²) in [7, 11) is 0. The predicted octanol–water partition coefficient (Wildman–Crippen LogP) is 13.6. The average molecular weight is 661 g/mol. The molecule has 0 bridgehead atoms. The Morgan fingerprint density at radius 3 is 1.17 bits per heavy atom. The Balaban J connectivity index is 1.26. The van der Waals surface area contributed by atoms with Crippen molar-refractivity contribution in [2.45, 2.75) is 12.8 Å². The van der Waals surface area contributed by atoms with E-state index in [4.69, 9.17) is 8.83 Å².